The van der Waals surface area contributed by atoms with Gasteiger partial charge in [-0.1, -0.05) is 43.8 Å². The summed E-state index contributed by atoms with van der Waals surface area (Å²) in [5, 5.41) is 11.8. The summed E-state index contributed by atoms with van der Waals surface area (Å²) in [6, 6.07) is 13.4. The number of aromatic nitrogens is 3. The fraction of sp³-hybridized carbons (Fsp3) is 0.360. The van der Waals surface area contributed by atoms with E-state index < -0.39 is 0 Å². The molecule has 0 spiro atoms. The van der Waals surface area contributed by atoms with E-state index in [9.17, 15) is 14.0 Å². The van der Waals surface area contributed by atoms with Crippen LogP contribution in [0.2, 0.25) is 0 Å². The zero-order valence-electron chi connectivity index (χ0n) is 19.9. The lowest BCUT2D eigenvalue weighted by atomic mass is 10.1. The highest BCUT2D eigenvalue weighted by Crippen LogP contribution is 2.27. The van der Waals surface area contributed by atoms with Gasteiger partial charge >= 0.3 is 0 Å². The van der Waals surface area contributed by atoms with Gasteiger partial charge in [-0.25, -0.2) is 4.39 Å². The van der Waals surface area contributed by atoms with Crippen molar-refractivity contribution >= 4 is 29.3 Å². The van der Waals surface area contributed by atoms with E-state index in [1.807, 2.05) is 18.4 Å². The maximum atomic E-state index is 14.4. The minimum atomic E-state index is -0.367. The molecule has 0 saturated carbocycles. The van der Waals surface area contributed by atoms with E-state index in [1.54, 1.807) is 47.4 Å². The lowest BCUT2D eigenvalue weighted by Gasteiger charge is -2.19. The number of thioether (sulfide) groups is 1. The van der Waals surface area contributed by atoms with Gasteiger partial charge in [-0.05, 0) is 50.1 Å². The number of halogens is 1. The molecule has 0 unspecified atom stereocenters. The fourth-order valence-corrected chi connectivity index (χ4v) is 4.27. The van der Waals surface area contributed by atoms with Gasteiger partial charge in [-0.3, -0.25) is 9.59 Å². The molecule has 1 heterocycles. The molecule has 34 heavy (non-hydrogen) atoms. The Hall–Kier alpha value is -3.20. The topological polar surface area (TPSA) is 80.1 Å². The average Bonchev–Trinajstić information content (AvgIpc) is 3.20. The van der Waals surface area contributed by atoms with Crippen molar-refractivity contribution in [1.29, 1.82) is 0 Å². The van der Waals surface area contributed by atoms with Gasteiger partial charge in [0.1, 0.15) is 5.82 Å². The van der Waals surface area contributed by atoms with Gasteiger partial charge in [0, 0.05) is 30.9 Å². The molecule has 1 aromatic heterocycles. The summed E-state index contributed by atoms with van der Waals surface area (Å²) in [5.41, 5.74) is 1.46. The van der Waals surface area contributed by atoms with Crippen molar-refractivity contribution in [3.8, 4) is 11.4 Å². The number of benzene rings is 2. The van der Waals surface area contributed by atoms with Crippen LogP contribution in [0.15, 0.2) is 53.7 Å². The minimum absolute atomic E-state index is 0.0714. The van der Waals surface area contributed by atoms with Crippen molar-refractivity contribution in [2.75, 3.05) is 24.2 Å². The summed E-state index contributed by atoms with van der Waals surface area (Å²) in [5.74, 6) is 0.148. The Labute approximate surface area is 203 Å². The van der Waals surface area contributed by atoms with Crippen molar-refractivity contribution in [3.05, 3.63) is 59.9 Å². The first-order chi connectivity index (χ1) is 16.3. The van der Waals surface area contributed by atoms with Gasteiger partial charge in [0.05, 0.1) is 11.3 Å². The zero-order chi connectivity index (χ0) is 24.7. The third kappa shape index (κ3) is 6.22. The molecule has 1 N–H and O–H groups in total. The predicted molar refractivity (Wildman–Crippen MR) is 133 cm³/mol. The number of nitrogens with one attached hydrogen (secondary N) is 1. The second-order valence-electron chi connectivity index (χ2n) is 8.19. The van der Waals surface area contributed by atoms with Gasteiger partial charge in [0.2, 0.25) is 5.91 Å². The van der Waals surface area contributed by atoms with Crippen LogP contribution in [0.4, 0.5) is 10.1 Å². The summed E-state index contributed by atoms with van der Waals surface area (Å²) < 4.78 is 16.2. The number of nitrogens with zero attached hydrogens (tertiary/aromatic N) is 4. The number of hydrogen-bond donors (Lipinski definition) is 1. The Bertz CT molecular complexity index is 1140. The molecule has 0 aliphatic heterocycles. The number of carbonyl (C=O) groups excluding carboxylic acids is 2. The van der Waals surface area contributed by atoms with E-state index in [4.69, 9.17) is 0 Å². The number of amides is 2. The quantitative estimate of drug-likeness (QED) is 0.413. The van der Waals surface area contributed by atoms with E-state index in [0.29, 0.717) is 47.4 Å². The van der Waals surface area contributed by atoms with Crippen molar-refractivity contribution in [2.45, 2.75) is 39.4 Å². The van der Waals surface area contributed by atoms with Crippen LogP contribution in [0.3, 0.4) is 0 Å². The molecular formula is C25H30FN5O2S. The number of rotatable bonds is 10. The van der Waals surface area contributed by atoms with Crippen molar-refractivity contribution < 1.29 is 14.0 Å². The predicted octanol–water partition coefficient (Wildman–Crippen LogP) is 4.95. The maximum absolute atomic E-state index is 14.4. The van der Waals surface area contributed by atoms with Gasteiger partial charge in [0.25, 0.3) is 5.91 Å². The molecule has 0 saturated heterocycles. The Morgan fingerprint density at radius 3 is 2.50 bits per heavy atom. The molecule has 180 valence electrons. The van der Waals surface area contributed by atoms with E-state index in [1.165, 1.54) is 17.8 Å². The largest absolute Gasteiger partial charge is 0.339 e. The lowest BCUT2D eigenvalue weighted by molar-refractivity contribution is -0.113. The summed E-state index contributed by atoms with van der Waals surface area (Å²) >= 11 is 1.24. The van der Waals surface area contributed by atoms with Crippen molar-refractivity contribution in [1.82, 2.24) is 19.7 Å². The third-order valence-corrected chi connectivity index (χ3v) is 6.12. The summed E-state index contributed by atoms with van der Waals surface area (Å²) in [7, 11) is 0. The van der Waals surface area contributed by atoms with Crippen LogP contribution in [0.25, 0.3) is 11.4 Å². The SMILES string of the molecule is CCN(CC)C(=O)c1cccc(NC(=O)CSc2nnc(-c3ccccc3F)n2CC(C)C)c1. The zero-order valence-corrected chi connectivity index (χ0v) is 20.7. The summed E-state index contributed by atoms with van der Waals surface area (Å²) in [6.45, 7) is 9.80. The van der Waals surface area contributed by atoms with Crippen LogP contribution in [0.5, 0.6) is 0 Å². The Morgan fingerprint density at radius 2 is 1.82 bits per heavy atom. The molecule has 3 rings (SSSR count). The second kappa shape index (κ2) is 11.8. The van der Waals surface area contributed by atoms with E-state index >= 15 is 0 Å². The highest BCUT2D eigenvalue weighted by Gasteiger charge is 2.19. The van der Waals surface area contributed by atoms with Gasteiger partial charge in [0.15, 0.2) is 11.0 Å². The first-order valence-electron chi connectivity index (χ1n) is 11.3. The monoisotopic (exact) mass is 483 g/mol. The van der Waals surface area contributed by atoms with Crippen LogP contribution in [0, 0.1) is 11.7 Å². The minimum Gasteiger partial charge on any atom is -0.339 e. The Morgan fingerprint density at radius 1 is 1.09 bits per heavy atom. The molecule has 3 aromatic rings. The Balaban J connectivity index is 1.71. The molecule has 2 amide bonds. The second-order valence-corrected chi connectivity index (χ2v) is 9.13. The van der Waals surface area contributed by atoms with Gasteiger partial charge in [-0.2, -0.15) is 0 Å². The molecule has 9 heteroatoms. The standard InChI is InChI=1S/C25H30FN5O2S/c1-5-30(6-2)24(33)18-10-9-11-19(14-18)27-22(32)16-34-25-29-28-23(31(25)15-17(3)4)20-12-7-8-13-21(20)26/h7-14,17H,5-6,15-16H2,1-4H3,(H,27,32). The molecule has 0 aliphatic carbocycles. The van der Waals surface area contributed by atoms with Crippen LogP contribution in [-0.4, -0.2) is 50.3 Å². The highest BCUT2D eigenvalue weighted by molar-refractivity contribution is 7.99. The van der Waals surface area contributed by atoms with Crippen LogP contribution < -0.4 is 5.32 Å². The summed E-state index contributed by atoms with van der Waals surface area (Å²) in [4.78, 5) is 26.9. The molecular weight excluding hydrogens is 453 g/mol. The highest BCUT2D eigenvalue weighted by atomic mass is 32.2. The van der Waals surface area contributed by atoms with Crippen LogP contribution in [-0.2, 0) is 11.3 Å². The van der Waals surface area contributed by atoms with Crippen LogP contribution >= 0.6 is 11.8 Å². The molecule has 2 aromatic carbocycles. The number of carbonyl (C=O) groups is 2. The number of hydrogen-bond acceptors (Lipinski definition) is 5. The normalized spacial score (nSPS) is 11.0. The molecule has 0 radical (unpaired) electrons. The molecule has 0 aliphatic rings. The smallest absolute Gasteiger partial charge is 0.253 e. The van der Waals surface area contributed by atoms with E-state index in [0.717, 1.165) is 0 Å². The fourth-order valence-electron chi connectivity index (χ4n) is 3.52. The first kappa shape index (κ1) is 25.4. The first-order valence-corrected chi connectivity index (χ1v) is 12.3. The van der Waals surface area contributed by atoms with Gasteiger partial charge < -0.3 is 14.8 Å². The average molecular weight is 484 g/mol. The van der Waals surface area contributed by atoms with Gasteiger partial charge in [-0.15, -0.1) is 10.2 Å². The van der Waals surface area contributed by atoms with Crippen molar-refractivity contribution in [2.24, 2.45) is 5.92 Å². The van der Waals surface area contributed by atoms with Crippen molar-refractivity contribution in [3.63, 3.8) is 0 Å². The van der Waals surface area contributed by atoms with E-state index in [-0.39, 0.29) is 29.3 Å². The van der Waals surface area contributed by atoms with Crippen LogP contribution in [0.1, 0.15) is 38.1 Å². The molecule has 7 nitrogen and oxygen atoms in total. The lowest BCUT2D eigenvalue weighted by Crippen LogP contribution is -2.30. The summed E-state index contributed by atoms with van der Waals surface area (Å²) in [6.07, 6.45) is 0. The third-order valence-electron chi connectivity index (χ3n) is 5.16. The molecule has 0 atom stereocenters. The number of anilines is 1. The Kier molecular flexibility index (Phi) is 8.81. The maximum Gasteiger partial charge on any atom is 0.253 e. The molecule has 0 bridgehead atoms. The van der Waals surface area contributed by atoms with E-state index in [2.05, 4.69) is 29.4 Å². The molecule has 0 fully saturated rings.